The highest BCUT2D eigenvalue weighted by molar-refractivity contribution is 9.10. The van der Waals surface area contributed by atoms with Crippen LogP contribution in [0.4, 0.5) is 0 Å². The third-order valence-electron chi connectivity index (χ3n) is 2.71. The van der Waals surface area contributed by atoms with Crippen LogP contribution in [0.3, 0.4) is 0 Å². The van der Waals surface area contributed by atoms with E-state index in [4.69, 9.17) is 4.52 Å². The van der Waals surface area contributed by atoms with Crippen molar-refractivity contribution >= 4 is 39.0 Å². The maximum atomic E-state index is 5.31. The van der Waals surface area contributed by atoms with Gasteiger partial charge in [-0.05, 0) is 35.9 Å². The molecule has 0 amide bonds. The Balaban J connectivity index is 1.94. The molecule has 2 aromatic carbocycles. The average molecular weight is 300 g/mol. The number of halogens is 1. The van der Waals surface area contributed by atoms with Gasteiger partial charge in [-0.3, -0.25) is 0 Å². The number of nitrogens with zero attached hydrogens (tertiary/aromatic N) is 1. The van der Waals surface area contributed by atoms with Crippen LogP contribution >= 0.6 is 15.9 Å². The van der Waals surface area contributed by atoms with Gasteiger partial charge in [0.25, 0.3) is 0 Å². The van der Waals surface area contributed by atoms with Gasteiger partial charge in [0.2, 0.25) is 0 Å². The van der Waals surface area contributed by atoms with E-state index in [9.17, 15) is 0 Å². The molecule has 3 heteroatoms. The lowest BCUT2D eigenvalue weighted by Crippen LogP contribution is -1.71. The third kappa shape index (κ3) is 2.22. The van der Waals surface area contributed by atoms with Gasteiger partial charge in [0.05, 0.1) is 0 Å². The fraction of sp³-hybridized carbons (Fsp3) is 0. The second-order valence-corrected chi connectivity index (χ2v) is 4.86. The minimum absolute atomic E-state index is 0.786. The summed E-state index contributed by atoms with van der Waals surface area (Å²) in [4.78, 5) is 0. The van der Waals surface area contributed by atoms with Gasteiger partial charge in [0.1, 0.15) is 5.52 Å². The number of rotatable bonds is 2. The first-order chi connectivity index (χ1) is 8.83. The Bertz CT molecular complexity index is 698. The molecule has 0 saturated heterocycles. The van der Waals surface area contributed by atoms with Crippen LogP contribution in [-0.2, 0) is 0 Å². The SMILES string of the molecule is Brc1ccc(C=Cc2onc3ccccc23)cc1. The molecule has 1 aromatic heterocycles. The number of aromatic nitrogens is 1. The predicted molar refractivity (Wildman–Crippen MR) is 77.1 cm³/mol. The zero-order valence-electron chi connectivity index (χ0n) is 9.51. The molecule has 18 heavy (non-hydrogen) atoms. The summed E-state index contributed by atoms with van der Waals surface area (Å²) in [5.41, 5.74) is 2.01. The molecule has 0 unspecified atom stereocenters. The van der Waals surface area contributed by atoms with E-state index >= 15 is 0 Å². The molecule has 3 rings (SSSR count). The van der Waals surface area contributed by atoms with E-state index in [1.165, 1.54) is 0 Å². The summed E-state index contributed by atoms with van der Waals surface area (Å²) in [5.74, 6) is 0.786. The highest BCUT2D eigenvalue weighted by atomic mass is 79.9. The standard InChI is InChI=1S/C15H10BrNO/c16-12-8-5-11(6-9-12)7-10-15-13-3-1-2-4-14(13)17-18-15/h1-10H. The molecule has 1 heterocycles. The summed E-state index contributed by atoms with van der Waals surface area (Å²) >= 11 is 3.42. The summed E-state index contributed by atoms with van der Waals surface area (Å²) in [5, 5.41) is 5.04. The van der Waals surface area contributed by atoms with Crippen molar-refractivity contribution in [2.24, 2.45) is 0 Å². The Morgan fingerprint density at radius 3 is 2.56 bits per heavy atom. The summed E-state index contributed by atoms with van der Waals surface area (Å²) in [7, 11) is 0. The van der Waals surface area contributed by atoms with Gasteiger partial charge in [0.15, 0.2) is 5.76 Å². The van der Waals surface area contributed by atoms with E-state index in [-0.39, 0.29) is 0 Å². The van der Waals surface area contributed by atoms with E-state index in [1.807, 2.05) is 60.7 Å². The first kappa shape index (κ1) is 11.2. The van der Waals surface area contributed by atoms with Crippen molar-refractivity contribution < 1.29 is 4.52 Å². The van der Waals surface area contributed by atoms with Crippen LogP contribution in [-0.4, -0.2) is 5.16 Å². The number of hydrogen-bond donors (Lipinski definition) is 0. The maximum Gasteiger partial charge on any atom is 0.167 e. The topological polar surface area (TPSA) is 26.0 Å². The van der Waals surface area contributed by atoms with E-state index in [0.29, 0.717) is 0 Å². The number of fused-ring (bicyclic) bond motifs is 1. The summed E-state index contributed by atoms with van der Waals surface area (Å²) in [6.07, 6.45) is 3.96. The molecule has 0 spiro atoms. The first-order valence-corrected chi connectivity index (χ1v) is 6.40. The van der Waals surface area contributed by atoms with Gasteiger partial charge in [-0.1, -0.05) is 51.4 Å². The monoisotopic (exact) mass is 299 g/mol. The van der Waals surface area contributed by atoms with Crippen LogP contribution in [0.1, 0.15) is 11.3 Å². The van der Waals surface area contributed by atoms with Crippen molar-refractivity contribution in [1.29, 1.82) is 0 Å². The molecule has 0 atom stereocenters. The molecular formula is C15H10BrNO. The molecule has 0 radical (unpaired) electrons. The van der Waals surface area contributed by atoms with E-state index in [0.717, 1.165) is 26.7 Å². The summed E-state index contributed by atoms with van der Waals surface area (Å²) in [6, 6.07) is 16.0. The van der Waals surface area contributed by atoms with E-state index in [1.54, 1.807) is 0 Å². The smallest absolute Gasteiger partial charge is 0.167 e. The van der Waals surface area contributed by atoms with Crippen LogP contribution in [0, 0.1) is 0 Å². The largest absolute Gasteiger partial charge is 0.356 e. The minimum Gasteiger partial charge on any atom is -0.356 e. The lowest BCUT2D eigenvalue weighted by molar-refractivity contribution is 0.421. The average Bonchev–Trinajstić information content (AvgIpc) is 2.82. The number of hydrogen-bond acceptors (Lipinski definition) is 2. The van der Waals surface area contributed by atoms with Gasteiger partial charge in [0, 0.05) is 9.86 Å². The van der Waals surface area contributed by atoms with Crippen molar-refractivity contribution in [3.05, 3.63) is 64.3 Å². The molecule has 0 saturated carbocycles. The van der Waals surface area contributed by atoms with Crippen LogP contribution in [0.25, 0.3) is 23.1 Å². The van der Waals surface area contributed by atoms with Gasteiger partial charge < -0.3 is 4.52 Å². The van der Waals surface area contributed by atoms with Crippen LogP contribution in [0.15, 0.2) is 57.5 Å². The molecule has 88 valence electrons. The third-order valence-corrected chi connectivity index (χ3v) is 3.24. The lowest BCUT2D eigenvalue weighted by atomic mass is 10.1. The van der Waals surface area contributed by atoms with Gasteiger partial charge in [-0.15, -0.1) is 0 Å². The minimum atomic E-state index is 0.786. The lowest BCUT2D eigenvalue weighted by Gasteiger charge is -1.93. The Labute approximate surface area is 113 Å². The van der Waals surface area contributed by atoms with Crippen molar-refractivity contribution in [1.82, 2.24) is 5.16 Å². The van der Waals surface area contributed by atoms with Gasteiger partial charge in [-0.2, -0.15) is 0 Å². The van der Waals surface area contributed by atoms with Crippen molar-refractivity contribution in [2.75, 3.05) is 0 Å². The van der Waals surface area contributed by atoms with Crippen molar-refractivity contribution in [3.8, 4) is 0 Å². The maximum absolute atomic E-state index is 5.31. The quantitative estimate of drug-likeness (QED) is 0.682. The Kier molecular flexibility index (Phi) is 2.99. The molecule has 0 aliphatic rings. The molecule has 0 aliphatic carbocycles. The zero-order chi connectivity index (χ0) is 12.4. The van der Waals surface area contributed by atoms with Crippen molar-refractivity contribution in [3.63, 3.8) is 0 Å². The second kappa shape index (κ2) is 4.78. The van der Waals surface area contributed by atoms with Crippen LogP contribution in [0.5, 0.6) is 0 Å². The predicted octanol–water partition coefficient (Wildman–Crippen LogP) is 4.76. The van der Waals surface area contributed by atoms with Gasteiger partial charge >= 0.3 is 0 Å². The molecule has 0 N–H and O–H groups in total. The van der Waals surface area contributed by atoms with E-state index in [2.05, 4.69) is 21.1 Å². The van der Waals surface area contributed by atoms with Crippen LogP contribution in [0.2, 0.25) is 0 Å². The van der Waals surface area contributed by atoms with Crippen LogP contribution < -0.4 is 0 Å². The number of benzene rings is 2. The summed E-state index contributed by atoms with van der Waals surface area (Å²) < 4.78 is 6.39. The molecule has 0 aliphatic heterocycles. The fourth-order valence-corrected chi connectivity index (χ4v) is 2.04. The normalized spacial score (nSPS) is 11.4. The fourth-order valence-electron chi connectivity index (χ4n) is 1.78. The highest BCUT2D eigenvalue weighted by Gasteiger charge is 2.03. The Morgan fingerprint density at radius 2 is 1.72 bits per heavy atom. The molecule has 2 nitrogen and oxygen atoms in total. The Morgan fingerprint density at radius 1 is 0.944 bits per heavy atom. The Hall–Kier alpha value is -1.87. The molecule has 3 aromatic rings. The molecule has 0 fully saturated rings. The second-order valence-electron chi connectivity index (χ2n) is 3.95. The van der Waals surface area contributed by atoms with Crippen molar-refractivity contribution in [2.45, 2.75) is 0 Å². The van der Waals surface area contributed by atoms with Gasteiger partial charge in [-0.25, -0.2) is 0 Å². The summed E-state index contributed by atoms with van der Waals surface area (Å²) in [6.45, 7) is 0. The molecule has 0 bridgehead atoms. The first-order valence-electron chi connectivity index (χ1n) is 5.61. The molecular weight excluding hydrogens is 290 g/mol. The highest BCUT2D eigenvalue weighted by Crippen LogP contribution is 2.20. The zero-order valence-corrected chi connectivity index (χ0v) is 11.1. The van der Waals surface area contributed by atoms with E-state index < -0.39 is 0 Å².